The second kappa shape index (κ2) is 8.66. The molecule has 1 saturated heterocycles. The highest BCUT2D eigenvalue weighted by molar-refractivity contribution is 5.94. The first-order chi connectivity index (χ1) is 12.2. The van der Waals surface area contributed by atoms with E-state index < -0.39 is 0 Å². The van der Waals surface area contributed by atoms with Crippen LogP contribution in [0.1, 0.15) is 68.3 Å². The van der Waals surface area contributed by atoms with E-state index in [2.05, 4.69) is 30.0 Å². The molecule has 25 heavy (non-hydrogen) atoms. The zero-order chi connectivity index (χ0) is 17.6. The summed E-state index contributed by atoms with van der Waals surface area (Å²) in [6.07, 6.45) is 9.94. The van der Waals surface area contributed by atoms with E-state index in [0.29, 0.717) is 0 Å². The van der Waals surface area contributed by atoms with Gasteiger partial charge in [-0.1, -0.05) is 37.1 Å². The minimum atomic E-state index is 0.150. The smallest absolute Gasteiger partial charge is 0.253 e. The Morgan fingerprint density at radius 2 is 1.84 bits per heavy atom. The minimum Gasteiger partial charge on any atom is -0.339 e. The normalized spacial score (nSPS) is 18.7. The Bertz CT molecular complexity index is 591. The molecule has 1 amide bonds. The fourth-order valence-electron chi connectivity index (χ4n) is 3.89. The van der Waals surface area contributed by atoms with Crippen LogP contribution in [0.15, 0.2) is 29.8 Å². The van der Waals surface area contributed by atoms with Crippen LogP contribution in [0.5, 0.6) is 0 Å². The van der Waals surface area contributed by atoms with Crippen molar-refractivity contribution in [3.8, 4) is 0 Å². The summed E-state index contributed by atoms with van der Waals surface area (Å²) in [6, 6.07) is 9.03. The highest BCUT2D eigenvalue weighted by atomic mass is 16.2. The second-order valence-electron chi connectivity index (χ2n) is 7.43. The van der Waals surface area contributed by atoms with Crippen LogP contribution in [0.3, 0.4) is 0 Å². The molecule has 0 atom stereocenters. The Morgan fingerprint density at radius 1 is 1.16 bits per heavy atom. The van der Waals surface area contributed by atoms with Crippen molar-refractivity contribution in [1.29, 1.82) is 0 Å². The molecule has 2 aliphatic rings. The van der Waals surface area contributed by atoms with Gasteiger partial charge in [0.2, 0.25) is 0 Å². The summed E-state index contributed by atoms with van der Waals surface area (Å²) >= 11 is 0. The van der Waals surface area contributed by atoms with Gasteiger partial charge >= 0.3 is 0 Å². The van der Waals surface area contributed by atoms with Gasteiger partial charge in [0.15, 0.2) is 0 Å². The van der Waals surface area contributed by atoms with Gasteiger partial charge in [-0.15, -0.1) is 0 Å². The largest absolute Gasteiger partial charge is 0.339 e. The lowest BCUT2D eigenvalue weighted by Gasteiger charge is -2.40. The predicted molar refractivity (Wildman–Crippen MR) is 105 cm³/mol. The third-order valence-electron chi connectivity index (χ3n) is 5.72. The average Bonchev–Trinajstić information content (AvgIpc) is 2.60. The van der Waals surface area contributed by atoms with Crippen LogP contribution in [-0.4, -0.2) is 47.9 Å². The lowest BCUT2D eigenvalue weighted by Crippen LogP contribution is -2.43. The van der Waals surface area contributed by atoms with Crippen LogP contribution in [0.25, 0.3) is 6.08 Å². The van der Waals surface area contributed by atoms with E-state index in [-0.39, 0.29) is 5.91 Å². The van der Waals surface area contributed by atoms with Gasteiger partial charge in [-0.3, -0.25) is 9.69 Å². The summed E-state index contributed by atoms with van der Waals surface area (Å²) in [5.74, 6) is 0.150. The first kappa shape index (κ1) is 18.2. The second-order valence-corrected chi connectivity index (χ2v) is 7.43. The Kier molecular flexibility index (Phi) is 6.30. The van der Waals surface area contributed by atoms with E-state index in [0.717, 1.165) is 31.1 Å². The molecule has 0 bridgehead atoms. The Morgan fingerprint density at radius 3 is 2.36 bits per heavy atom. The number of rotatable bonds is 6. The van der Waals surface area contributed by atoms with E-state index in [1.165, 1.54) is 50.8 Å². The molecular formula is C22H32N2O. The maximum atomic E-state index is 12.5. The standard InChI is InChI=1S/C22H32N2O/c1-3-14-23(4-2)22(25)20-10-8-18(9-11-20)17-19-12-15-24(16-13-19)21-6-5-7-21/h8-11,17,21H,3-7,12-16H2,1-2H3. The van der Waals surface area contributed by atoms with Crippen LogP contribution in [0.2, 0.25) is 0 Å². The number of likely N-dealkylation sites (tertiary alicyclic amines) is 1. The lowest BCUT2D eigenvalue weighted by molar-refractivity contribution is 0.0764. The van der Waals surface area contributed by atoms with Gasteiger partial charge in [-0.05, 0) is 56.7 Å². The zero-order valence-corrected chi connectivity index (χ0v) is 15.8. The highest BCUT2D eigenvalue weighted by Crippen LogP contribution is 2.29. The van der Waals surface area contributed by atoms with E-state index in [4.69, 9.17) is 0 Å². The van der Waals surface area contributed by atoms with Crippen molar-refractivity contribution >= 4 is 12.0 Å². The molecule has 1 aliphatic carbocycles. The predicted octanol–water partition coefficient (Wildman–Crippen LogP) is 4.59. The third-order valence-corrected chi connectivity index (χ3v) is 5.72. The van der Waals surface area contributed by atoms with Crippen molar-refractivity contribution in [1.82, 2.24) is 9.80 Å². The summed E-state index contributed by atoms with van der Waals surface area (Å²) in [7, 11) is 0. The van der Waals surface area contributed by atoms with Gasteiger partial charge in [0.05, 0.1) is 0 Å². The van der Waals surface area contributed by atoms with Crippen molar-refractivity contribution in [3.05, 3.63) is 41.0 Å². The Labute approximate surface area is 152 Å². The number of hydrogen-bond acceptors (Lipinski definition) is 2. The van der Waals surface area contributed by atoms with Gasteiger partial charge in [0.1, 0.15) is 0 Å². The molecular weight excluding hydrogens is 308 g/mol. The summed E-state index contributed by atoms with van der Waals surface area (Å²) in [4.78, 5) is 17.1. The number of benzene rings is 1. The number of hydrogen-bond donors (Lipinski definition) is 0. The molecule has 0 radical (unpaired) electrons. The van der Waals surface area contributed by atoms with Gasteiger partial charge in [0.25, 0.3) is 5.91 Å². The topological polar surface area (TPSA) is 23.6 Å². The van der Waals surface area contributed by atoms with Crippen molar-refractivity contribution < 1.29 is 4.79 Å². The van der Waals surface area contributed by atoms with Gasteiger partial charge < -0.3 is 4.90 Å². The van der Waals surface area contributed by atoms with Crippen LogP contribution in [0.4, 0.5) is 0 Å². The lowest BCUT2D eigenvalue weighted by atomic mass is 9.89. The SMILES string of the molecule is CCCN(CC)C(=O)c1ccc(C=C2CCN(C3CCC3)CC2)cc1. The molecule has 1 saturated carbocycles. The molecule has 0 spiro atoms. The van der Waals surface area contributed by atoms with E-state index in [1.54, 1.807) is 5.57 Å². The van der Waals surface area contributed by atoms with E-state index >= 15 is 0 Å². The minimum absolute atomic E-state index is 0.150. The average molecular weight is 341 g/mol. The molecule has 1 aromatic rings. The number of amides is 1. The van der Waals surface area contributed by atoms with Crippen LogP contribution in [0, 0.1) is 0 Å². The molecule has 3 nitrogen and oxygen atoms in total. The summed E-state index contributed by atoms with van der Waals surface area (Å²) in [6.45, 7) is 8.20. The molecule has 0 unspecified atom stereocenters. The monoisotopic (exact) mass is 340 g/mol. The third kappa shape index (κ3) is 4.52. The van der Waals surface area contributed by atoms with Gasteiger partial charge in [0, 0.05) is 37.8 Å². The van der Waals surface area contributed by atoms with Crippen molar-refractivity contribution in [2.75, 3.05) is 26.2 Å². The molecule has 1 heterocycles. The molecule has 2 fully saturated rings. The maximum absolute atomic E-state index is 12.5. The molecule has 0 aromatic heterocycles. The van der Waals surface area contributed by atoms with Gasteiger partial charge in [-0.25, -0.2) is 0 Å². The van der Waals surface area contributed by atoms with E-state index in [9.17, 15) is 4.79 Å². The Balaban J connectivity index is 1.58. The summed E-state index contributed by atoms with van der Waals surface area (Å²) < 4.78 is 0. The number of piperidine rings is 1. The van der Waals surface area contributed by atoms with E-state index in [1.807, 2.05) is 24.0 Å². The highest BCUT2D eigenvalue weighted by Gasteiger charge is 2.26. The zero-order valence-electron chi connectivity index (χ0n) is 15.8. The molecule has 1 aliphatic heterocycles. The number of carbonyl (C=O) groups excluding carboxylic acids is 1. The molecule has 136 valence electrons. The van der Waals surface area contributed by atoms with Crippen molar-refractivity contribution in [3.63, 3.8) is 0 Å². The summed E-state index contributed by atoms with van der Waals surface area (Å²) in [5, 5.41) is 0. The number of nitrogens with zero attached hydrogens (tertiary/aromatic N) is 2. The quantitative estimate of drug-likeness (QED) is 0.756. The van der Waals surface area contributed by atoms with Gasteiger partial charge in [-0.2, -0.15) is 0 Å². The molecule has 0 N–H and O–H groups in total. The van der Waals surface area contributed by atoms with Crippen LogP contribution < -0.4 is 0 Å². The fraction of sp³-hybridized carbons (Fsp3) is 0.591. The maximum Gasteiger partial charge on any atom is 0.253 e. The van der Waals surface area contributed by atoms with Crippen LogP contribution in [-0.2, 0) is 0 Å². The first-order valence-corrected chi connectivity index (χ1v) is 10.0. The first-order valence-electron chi connectivity index (χ1n) is 10.0. The number of carbonyl (C=O) groups is 1. The van der Waals surface area contributed by atoms with Crippen molar-refractivity contribution in [2.24, 2.45) is 0 Å². The molecule has 3 rings (SSSR count). The Hall–Kier alpha value is -1.61. The molecule has 1 aromatic carbocycles. The molecule has 3 heteroatoms. The van der Waals surface area contributed by atoms with Crippen molar-refractivity contribution in [2.45, 2.75) is 58.4 Å². The summed E-state index contributed by atoms with van der Waals surface area (Å²) in [5.41, 5.74) is 3.58. The van der Waals surface area contributed by atoms with Crippen LogP contribution >= 0.6 is 0 Å². The fourth-order valence-corrected chi connectivity index (χ4v) is 3.89.